The van der Waals surface area contributed by atoms with Crippen LogP contribution in [-0.2, 0) is 33.1 Å². The van der Waals surface area contributed by atoms with E-state index in [0.717, 1.165) is 35.4 Å². The zero-order valence-electron chi connectivity index (χ0n) is 20.7. The van der Waals surface area contributed by atoms with Crippen LogP contribution in [0, 0.1) is 0 Å². The maximum atomic E-state index is 9.72. The minimum absolute atomic E-state index is 0.653. The van der Waals surface area contributed by atoms with E-state index in [-0.39, 0.29) is 0 Å². The minimum atomic E-state index is -4.59. The van der Waals surface area contributed by atoms with Crippen LogP contribution in [0.15, 0.2) is 60.7 Å². The lowest BCUT2D eigenvalue weighted by molar-refractivity contribution is 0.452. The van der Waals surface area contributed by atoms with Gasteiger partial charge < -0.3 is 20.6 Å². The molecule has 10 nitrogen and oxygen atoms in total. The van der Waals surface area contributed by atoms with Crippen molar-refractivity contribution in [3.8, 4) is 22.5 Å². The number of nitrogens with zero attached hydrogens (tertiary/aromatic N) is 2. The lowest BCUT2D eigenvalue weighted by Crippen LogP contribution is -2.15. The van der Waals surface area contributed by atoms with E-state index in [0.29, 0.717) is 10.3 Å². The van der Waals surface area contributed by atoms with Gasteiger partial charge in [-0.3, -0.25) is 0 Å². The molecule has 0 saturated heterocycles. The van der Waals surface area contributed by atoms with E-state index in [1.54, 1.807) is 22.7 Å². The molecule has 0 amide bonds. The molecule has 0 saturated carbocycles. The third kappa shape index (κ3) is 10.8. The fourth-order valence-corrected chi connectivity index (χ4v) is 6.29. The Morgan fingerprint density at radius 1 is 0.658 bits per heavy atom. The van der Waals surface area contributed by atoms with E-state index >= 15 is 0 Å². The molecule has 206 valence electrons. The lowest BCUT2D eigenvalue weighted by atomic mass is 10.1. The summed E-state index contributed by atoms with van der Waals surface area (Å²) in [4.78, 5) is 11.2. The number of anilines is 2. The number of hydrogen-bond acceptors (Lipinski definition) is 12. The summed E-state index contributed by atoms with van der Waals surface area (Å²) in [7, 11) is -9.17. The highest BCUT2D eigenvalue weighted by molar-refractivity contribution is 7.89. The molecule has 0 fully saturated rings. The standard InChI is InChI=1S/2C11H12N2S.C2H6O6S2/c2*1-2-9-10(13-11(12)14-9)8-6-4-3-5-7-8;3-9(4,5)1-2-10(6,7)8/h2*3-7H,2H2,1H3,(H2,12,13);1-2H2,(H,3,4,5)(H,6,7,8)/p-2. The smallest absolute Gasteiger partial charge is 0.180 e. The third-order valence-corrected chi connectivity index (χ3v) is 8.47. The van der Waals surface area contributed by atoms with E-state index in [2.05, 4.69) is 48.1 Å². The Morgan fingerprint density at radius 3 is 1.24 bits per heavy atom. The van der Waals surface area contributed by atoms with Crippen LogP contribution in [0.3, 0.4) is 0 Å². The van der Waals surface area contributed by atoms with Crippen LogP contribution in [0.1, 0.15) is 23.6 Å². The molecule has 14 heteroatoms. The molecule has 2 heterocycles. The molecule has 0 unspecified atom stereocenters. The highest BCUT2D eigenvalue weighted by Crippen LogP contribution is 2.30. The molecule has 2 aromatic carbocycles. The van der Waals surface area contributed by atoms with Crippen molar-refractivity contribution in [2.75, 3.05) is 23.0 Å². The molecule has 0 atom stereocenters. The molecule has 0 aliphatic rings. The second-order valence-corrected chi connectivity index (χ2v) is 12.9. The average Bonchev–Trinajstić information content (AvgIpc) is 3.45. The topological polar surface area (TPSA) is 192 Å². The predicted octanol–water partition coefficient (Wildman–Crippen LogP) is 3.99. The van der Waals surface area contributed by atoms with E-state index in [1.165, 1.54) is 9.75 Å². The van der Waals surface area contributed by atoms with E-state index < -0.39 is 31.7 Å². The highest BCUT2D eigenvalue weighted by atomic mass is 32.2. The number of aryl methyl sites for hydroxylation is 2. The summed E-state index contributed by atoms with van der Waals surface area (Å²) in [5, 5.41) is 1.31. The highest BCUT2D eigenvalue weighted by Gasteiger charge is 2.10. The van der Waals surface area contributed by atoms with Gasteiger partial charge in [0, 0.05) is 20.9 Å². The van der Waals surface area contributed by atoms with Gasteiger partial charge in [-0.05, 0) is 12.8 Å². The molecule has 38 heavy (non-hydrogen) atoms. The summed E-state index contributed by atoms with van der Waals surface area (Å²) in [6, 6.07) is 20.3. The normalized spacial score (nSPS) is 11.2. The molecule has 2 aromatic heterocycles. The van der Waals surface area contributed by atoms with Crippen LogP contribution in [0.25, 0.3) is 22.5 Å². The van der Waals surface area contributed by atoms with E-state index in [4.69, 9.17) is 11.5 Å². The number of rotatable bonds is 7. The first-order valence-electron chi connectivity index (χ1n) is 11.3. The molecular formula is C24H28N4O6S4-2. The zero-order chi connectivity index (χ0) is 28.3. The molecule has 4 aromatic rings. The minimum Gasteiger partial charge on any atom is -0.748 e. The second-order valence-electron chi connectivity index (χ2n) is 7.61. The summed E-state index contributed by atoms with van der Waals surface area (Å²) in [5.41, 5.74) is 15.8. The molecule has 0 bridgehead atoms. The van der Waals surface area contributed by atoms with Gasteiger partial charge in [-0.25, -0.2) is 26.8 Å². The number of thiazole rings is 2. The monoisotopic (exact) mass is 596 g/mol. The largest absolute Gasteiger partial charge is 0.748 e. The summed E-state index contributed by atoms with van der Waals surface area (Å²) >= 11 is 3.15. The van der Waals surface area contributed by atoms with Crippen LogP contribution in [0.5, 0.6) is 0 Å². The van der Waals surface area contributed by atoms with Crippen LogP contribution in [0.2, 0.25) is 0 Å². The van der Waals surface area contributed by atoms with E-state index in [1.807, 2.05) is 36.4 Å². The molecule has 4 rings (SSSR count). The van der Waals surface area contributed by atoms with Crippen molar-refractivity contribution in [2.45, 2.75) is 26.7 Å². The van der Waals surface area contributed by atoms with Gasteiger partial charge in [-0.1, -0.05) is 74.5 Å². The maximum Gasteiger partial charge on any atom is 0.180 e. The van der Waals surface area contributed by atoms with Gasteiger partial charge in [0.2, 0.25) is 0 Å². The van der Waals surface area contributed by atoms with Gasteiger partial charge in [-0.2, -0.15) is 0 Å². The third-order valence-electron chi connectivity index (χ3n) is 4.75. The molecule has 0 aliphatic heterocycles. The second kappa shape index (κ2) is 14.3. The Balaban J connectivity index is 0.000000204. The van der Waals surface area contributed by atoms with Gasteiger partial charge in [0.05, 0.1) is 43.1 Å². The van der Waals surface area contributed by atoms with Gasteiger partial charge >= 0.3 is 0 Å². The van der Waals surface area contributed by atoms with Crippen molar-refractivity contribution in [2.24, 2.45) is 0 Å². The fraction of sp³-hybridized carbons (Fsp3) is 0.250. The Hall–Kier alpha value is -2.88. The zero-order valence-corrected chi connectivity index (χ0v) is 24.0. The van der Waals surface area contributed by atoms with Crippen LogP contribution >= 0.6 is 22.7 Å². The number of nitrogen functional groups attached to an aromatic ring is 2. The van der Waals surface area contributed by atoms with Crippen molar-refractivity contribution in [1.82, 2.24) is 9.97 Å². The number of hydrogen-bond donors (Lipinski definition) is 2. The number of benzene rings is 2. The quantitative estimate of drug-likeness (QED) is 0.295. The Kier molecular flexibility index (Phi) is 11.8. The first-order chi connectivity index (χ1) is 17.8. The van der Waals surface area contributed by atoms with Crippen molar-refractivity contribution >= 4 is 53.2 Å². The van der Waals surface area contributed by atoms with Crippen molar-refractivity contribution in [3.63, 3.8) is 0 Å². The SMILES string of the molecule is CCc1sc(N)nc1-c1ccccc1.CCc1sc(N)nc1-c1ccccc1.O=S(=O)([O-])CCS(=O)(=O)[O-]. The summed E-state index contributed by atoms with van der Waals surface area (Å²) in [6.07, 6.45) is 1.97. The first-order valence-corrected chi connectivity index (χ1v) is 16.1. The van der Waals surface area contributed by atoms with Crippen molar-refractivity contribution < 1.29 is 25.9 Å². The van der Waals surface area contributed by atoms with Gasteiger partial charge in [-0.15, -0.1) is 22.7 Å². The number of nitrogens with two attached hydrogens (primary N) is 2. The van der Waals surface area contributed by atoms with Crippen LogP contribution in [-0.4, -0.2) is 47.4 Å². The molecule has 0 aliphatic carbocycles. The first kappa shape index (κ1) is 31.3. The predicted molar refractivity (Wildman–Crippen MR) is 152 cm³/mol. The van der Waals surface area contributed by atoms with Crippen molar-refractivity contribution in [3.05, 3.63) is 70.4 Å². The Bertz CT molecular complexity index is 1390. The molecular weight excluding hydrogens is 569 g/mol. The van der Waals surface area contributed by atoms with E-state index in [9.17, 15) is 25.9 Å². The van der Waals surface area contributed by atoms with Crippen LogP contribution in [0.4, 0.5) is 10.3 Å². The molecule has 4 N–H and O–H groups in total. The Labute approximate surface area is 230 Å². The Morgan fingerprint density at radius 2 is 0.974 bits per heavy atom. The van der Waals surface area contributed by atoms with Gasteiger partial charge in [0.1, 0.15) is 0 Å². The summed E-state index contributed by atoms with van der Waals surface area (Å²) < 4.78 is 58.3. The van der Waals surface area contributed by atoms with Gasteiger partial charge in [0.25, 0.3) is 0 Å². The molecule has 0 spiro atoms. The summed E-state index contributed by atoms with van der Waals surface area (Å²) in [5.74, 6) is -2.31. The lowest BCUT2D eigenvalue weighted by Gasteiger charge is -2.08. The van der Waals surface area contributed by atoms with Crippen molar-refractivity contribution in [1.29, 1.82) is 0 Å². The number of aromatic nitrogens is 2. The van der Waals surface area contributed by atoms with Gasteiger partial charge in [0.15, 0.2) is 10.3 Å². The fourth-order valence-electron chi connectivity index (χ4n) is 3.07. The van der Waals surface area contributed by atoms with Crippen LogP contribution < -0.4 is 11.5 Å². The summed E-state index contributed by atoms with van der Waals surface area (Å²) in [6.45, 7) is 4.25. The average molecular weight is 597 g/mol. The molecule has 0 radical (unpaired) electrons. The maximum absolute atomic E-state index is 9.72.